The molecular formula is C7H13O. The first-order valence-electron chi connectivity index (χ1n) is 3.00. The van der Waals surface area contributed by atoms with E-state index in [9.17, 15) is 5.11 Å². The Morgan fingerprint density at radius 1 is 1.75 bits per heavy atom. The molecule has 0 aromatic rings. The van der Waals surface area contributed by atoms with Crippen LogP contribution in [0.15, 0.2) is 11.6 Å². The van der Waals surface area contributed by atoms with E-state index in [1.807, 2.05) is 13.8 Å². The molecule has 0 N–H and O–H groups in total. The van der Waals surface area contributed by atoms with E-state index in [-0.39, 0.29) is 0 Å². The van der Waals surface area contributed by atoms with E-state index in [1.54, 1.807) is 13.0 Å². The second-order valence-electron chi connectivity index (χ2n) is 2.07. The van der Waals surface area contributed by atoms with Crippen molar-refractivity contribution >= 4 is 0 Å². The van der Waals surface area contributed by atoms with Crippen molar-refractivity contribution in [3.63, 3.8) is 0 Å². The van der Waals surface area contributed by atoms with Crippen LogP contribution in [0.25, 0.3) is 0 Å². The van der Waals surface area contributed by atoms with E-state index in [1.165, 1.54) is 5.57 Å². The van der Waals surface area contributed by atoms with Crippen LogP contribution in [0, 0.1) is 0 Å². The van der Waals surface area contributed by atoms with Crippen LogP contribution in [-0.2, 0) is 5.11 Å². The van der Waals surface area contributed by atoms with Gasteiger partial charge in [0.1, 0.15) is 6.10 Å². The summed E-state index contributed by atoms with van der Waals surface area (Å²) in [5.74, 6) is 0. The Balaban J connectivity index is 3.56. The van der Waals surface area contributed by atoms with Crippen molar-refractivity contribution in [3.8, 4) is 0 Å². The summed E-state index contributed by atoms with van der Waals surface area (Å²) in [6.45, 7) is 5.68. The lowest BCUT2D eigenvalue weighted by Crippen LogP contribution is -1.91. The van der Waals surface area contributed by atoms with Gasteiger partial charge in [-0.25, -0.2) is 5.11 Å². The van der Waals surface area contributed by atoms with Gasteiger partial charge in [0.25, 0.3) is 0 Å². The third-order valence-corrected chi connectivity index (χ3v) is 1.08. The van der Waals surface area contributed by atoms with Gasteiger partial charge in [-0.2, -0.15) is 0 Å². The second-order valence-corrected chi connectivity index (χ2v) is 2.07. The van der Waals surface area contributed by atoms with E-state index in [4.69, 9.17) is 0 Å². The maximum absolute atomic E-state index is 10.4. The van der Waals surface area contributed by atoms with Crippen LogP contribution in [0.3, 0.4) is 0 Å². The molecule has 0 aromatic carbocycles. The van der Waals surface area contributed by atoms with Gasteiger partial charge in [-0.15, -0.1) is 0 Å². The molecule has 1 atom stereocenters. The van der Waals surface area contributed by atoms with Crippen molar-refractivity contribution in [1.82, 2.24) is 0 Å². The number of rotatable bonds is 2. The van der Waals surface area contributed by atoms with E-state index >= 15 is 0 Å². The average molecular weight is 113 g/mol. The Bertz CT molecular complexity index is 82.4. The summed E-state index contributed by atoms with van der Waals surface area (Å²) in [4.78, 5) is 0. The van der Waals surface area contributed by atoms with Crippen molar-refractivity contribution in [2.45, 2.75) is 33.3 Å². The molecule has 0 bridgehead atoms. The van der Waals surface area contributed by atoms with Gasteiger partial charge in [0.05, 0.1) is 0 Å². The molecule has 47 valence electrons. The molecule has 0 heterocycles. The highest BCUT2D eigenvalue weighted by molar-refractivity contribution is 4.99. The van der Waals surface area contributed by atoms with Crippen molar-refractivity contribution in [1.29, 1.82) is 0 Å². The summed E-state index contributed by atoms with van der Waals surface area (Å²) >= 11 is 0. The lowest BCUT2D eigenvalue weighted by Gasteiger charge is -1.94. The molecule has 1 nitrogen and oxygen atoms in total. The molecule has 8 heavy (non-hydrogen) atoms. The molecule has 0 fully saturated rings. The normalized spacial score (nSPS) is 16.2. The third kappa shape index (κ3) is 3.88. The minimum Gasteiger partial charge on any atom is -0.229 e. The van der Waals surface area contributed by atoms with E-state index in [2.05, 4.69) is 0 Å². The summed E-state index contributed by atoms with van der Waals surface area (Å²) in [5.41, 5.74) is 1.19. The summed E-state index contributed by atoms with van der Waals surface area (Å²) in [6, 6.07) is 0. The second kappa shape index (κ2) is 3.67. The maximum Gasteiger partial charge on any atom is 0.109 e. The predicted molar refractivity (Wildman–Crippen MR) is 34.2 cm³/mol. The molecule has 0 saturated carbocycles. The summed E-state index contributed by atoms with van der Waals surface area (Å²) < 4.78 is 0. The molecule has 0 amide bonds. The zero-order valence-electron chi connectivity index (χ0n) is 5.77. The average Bonchev–Trinajstić information content (AvgIpc) is 1.65. The summed E-state index contributed by atoms with van der Waals surface area (Å²) in [7, 11) is 0. The van der Waals surface area contributed by atoms with Gasteiger partial charge < -0.3 is 0 Å². The predicted octanol–water partition coefficient (Wildman–Crippen LogP) is 2.16. The molecule has 0 aliphatic rings. The molecule has 1 unspecified atom stereocenters. The van der Waals surface area contributed by atoms with Gasteiger partial charge in [-0.3, -0.25) is 0 Å². The smallest absolute Gasteiger partial charge is 0.109 e. The number of hydrogen-bond donors (Lipinski definition) is 0. The Labute approximate surface area is 51.0 Å². The topological polar surface area (TPSA) is 19.9 Å². The number of hydrogen-bond acceptors (Lipinski definition) is 0. The van der Waals surface area contributed by atoms with Crippen LogP contribution in [-0.4, -0.2) is 6.10 Å². The molecule has 0 aromatic heterocycles. The highest BCUT2D eigenvalue weighted by atomic mass is 16.3. The van der Waals surface area contributed by atoms with Crippen LogP contribution in [0.5, 0.6) is 0 Å². The van der Waals surface area contributed by atoms with Gasteiger partial charge in [0.15, 0.2) is 0 Å². The van der Waals surface area contributed by atoms with Crippen molar-refractivity contribution in [2.75, 3.05) is 0 Å². The van der Waals surface area contributed by atoms with Gasteiger partial charge in [-0.1, -0.05) is 18.6 Å². The lowest BCUT2D eigenvalue weighted by atomic mass is 10.2. The minimum absolute atomic E-state index is 0.532. The molecule has 0 aliphatic heterocycles. The van der Waals surface area contributed by atoms with Gasteiger partial charge >= 0.3 is 0 Å². The minimum atomic E-state index is -0.532. The molecule has 0 rings (SSSR count). The Kier molecular flexibility index (Phi) is 3.53. The molecule has 1 radical (unpaired) electrons. The van der Waals surface area contributed by atoms with Crippen LogP contribution in [0.2, 0.25) is 0 Å². The highest BCUT2D eigenvalue weighted by Crippen LogP contribution is 1.99. The Morgan fingerprint density at radius 3 is 2.38 bits per heavy atom. The van der Waals surface area contributed by atoms with Crippen LogP contribution in [0.1, 0.15) is 27.2 Å². The van der Waals surface area contributed by atoms with Crippen molar-refractivity contribution in [3.05, 3.63) is 11.6 Å². The van der Waals surface area contributed by atoms with Crippen LogP contribution >= 0.6 is 0 Å². The molecule has 0 saturated heterocycles. The zero-order valence-corrected chi connectivity index (χ0v) is 5.77. The zero-order chi connectivity index (χ0) is 6.57. The SMILES string of the molecule is CC/C(C)=C/C(C)[O]. The highest BCUT2D eigenvalue weighted by Gasteiger charge is 1.89. The van der Waals surface area contributed by atoms with Crippen molar-refractivity contribution < 1.29 is 5.11 Å². The van der Waals surface area contributed by atoms with E-state index < -0.39 is 6.10 Å². The summed E-state index contributed by atoms with van der Waals surface area (Å²) in [6.07, 6.45) is 2.21. The van der Waals surface area contributed by atoms with Crippen LogP contribution < -0.4 is 0 Å². The third-order valence-electron chi connectivity index (χ3n) is 1.08. The first-order valence-corrected chi connectivity index (χ1v) is 3.00. The van der Waals surface area contributed by atoms with E-state index in [0.717, 1.165) is 6.42 Å². The number of allylic oxidation sites excluding steroid dienone is 1. The standard InChI is InChI=1S/C7H13O/c1-4-6(2)5-7(3)8/h5,7H,4H2,1-3H3/b6-5+. The monoisotopic (exact) mass is 113 g/mol. The fourth-order valence-electron chi connectivity index (χ4n) is 0.519. The first-order chi connectivity index (χ1) is 3.66. The summed E-state index contributed by atoms with van der Waals surface area (Å²) in [5, 5.41) is 10.4. The van der Waals surface area contributed by atoms with Crippen molar-refractivity contribution in [2.24, 2.45) is 0 Å². The lowest BCUT2D eigenvalue weighted by molar-refractivity contribution is 0.145. The maximum atomic E-state index is 10.4. The first kappa shape index (κ1) is 7.70. The fourth-order valence-corrected chi connectivity index (χ4v) is 0.519. The Morgan fingerprint density at radius 2 is 2.25 bits per heavy atom. The molecule has 1 heteroatoms. The fraction of sp³-hybridized carbons (Fsp3) is 0.714. The van der Waals surface area contributed by atoms with Gasteiger partial charge in [0, 0.05) is 0 Å². The quantitative estimate of drug-likeness (QED) is 0.489. The largest absolute Gasteiger partial charge is 0.229 e. The van der Waals surface area contributed by atoms with E-state index in [0.29, 0.717) is 0 Å². The van der Waals surface area contributed by atoms with Crippen LogP contribution in [0.4, 0.5) is 0 Å². The van der Waals surface area contributed by atoms with Gasteiger partial charge in [-0.05, 0) is 20.3 Å². The molecule has 0 spiro atoms. The molecular weight excluding hydrogens is 100 g/mol. The Hall–Kier alpha value is -0.300. The molecule has 0 aliphatic carbocycles. The van der Waals surface area contributed by atoms with Gasteiger partial charge in [0.2, 0.25) is 0 Å².